The van der Waals surface area contributed by atoms with E-state index >= 15 is 0 Å². The molecule has 0 aliphatic rings. The van der Waals surface area contributed by atoms with E-state index in [4.69, 9.17) is 18.9 Å². The van der Waals surface area contributed by atoms with Crippen LogP contribution in [0.1, 0.15) is 63.6 Å². The predicted octanol–water partition coefficient (Wildman–Crippen LogP) is 4.78. The summed E-state index contributed by atoms with van der Waals surface area (Å²) in [6.45, 7) is 7.11. The Bertz CT molecular complexity index is 1470. The van der Waals surface area contributed by atoms with Crippen LogP contribution >= 0.6 is 0 Å². The standard InChI is InChI=1S/C38H47N3O9/c1-5-6-13-22-39-34(43)31(41-32(42)24-40-37(46)50-38(2,3)4)23-27-18-20-30(21-19-27)49-33(35(44)47-25-28-14-9-7-10-15-28)36(45)48-26-29-16-11-8-12-17-29/h7-12,14-21,31,33H,5-6,13,22-26H2,1-4H3,(H,39,43)(H,40,46)(H,41,42). The second kappa shape index (κ2) is 20.2. The lowest BCUT2D eigenvalue weighted by Crippen LogP contribution is -2.51. The summed E-state index contributed by atoms with van der Waals surface area (Å²) in [5.41, 5.74) is 1.39. The lowest BCUT2D eigenvalue weighted by molar-refractivity contribution is -0.168. The van der Waals surface area contributed by atoms with Crippen molar-refractivity contribution in [2.24, 2.45) is 0 Å². The Labute approximate surface area is 293 Å². The highest BCUT2D eigenvalue weighted by Crippen LogP contribution is 2.18. The first kappa shape index (κ1) is 39.1. The number of benzene rings is 3. The summed E-state index contributed by atoms with van der Waals surface area (Å²) in [6.07, 6.45) is 0.371. The minimum Gasteiger partial charge on any atom is -0.467 e. The summed E-state index contributed by atoms with van der Waals surface area (Å²) in [5, 5.41) is 7.93. The fourth-order valence-electron chi connectivity index (χ4n) is 4.51. The first-order valence-corrected chi connectivity index (χ1v) is 16.6. The van der Waals surface area contributed by atoms with Gasteiger partial charge in [-0.05, 0) is 56.0 Å². The number of carbonyl (C=O) groups is 5. The van der Waals surface area contributed by atoms with E-state index in [1.165, 1.54) is 0 Å². The lowest BCUT2D eigenvalue weighted by Gasteiger charge is -2.21. The van der Waals surface area contributed by atoms with Crippen LogP contribution < -0.4 is 20.7 Å². The van der Waals surface area contributed by atoms with Crippen LogP contribution in [0.2, 0.25) is 0 Å². The van der Waals surface area contributed by atoms with Crippen LogP contribution in [0.3, 0.4) is 0 Å². The molecule has 3 N–H and O–H groups in total. The lowest BCUT2D eigenvalue weighted by atomic mass is 10.0. The number of unbranched alkanes of at least 4 members (excludes halogenated alkanes) is 2. The van der Waals surface area contributed by atoms with Crippen LogP contribution in [0.4, 0.5) is 4.79 Å². The number of carbonyl (C=O) groups excluding carboxylic acids is 5. The van der Waals surface area contributed by atoms with Crippen LogP contribution in [0.15, 0.2) is 84.9 Å². The third-order valence-electron chi connectivity index (χ3n) is 7.02. The van der Waals surface area contributed by atoms with Gasteiger partial charge in [0.15, 0.2) is 0 Å². The molecule has 0 heterocycles. The van der Waals surface area contributed by atoms with Gasteiger partial charge in [-0.15, -0.1) is 0 Å². The summed E-state index contributed by atoms with van der Waals surface area (Å²) in [5.74, 6) is -2.61. The molecule has 12 nitrogen and oxygen atoms in total. The monoisotopic (exact) mass is 689 g/mol. The highest BCUT2D eigenvalue weighted by atomic mass is 16.6. The highest BCUT2D eigenvalue weighted by molar-refractivity contribution is 5.98. The van der Waals surface area contributed by atoms with Crippen LogP contribution in [0, 0.1) is 0 Å². The van der Waals surface area contributed by atoms with Gasteiger partial charge in [0.1, 0.15) is 37.2 Å². The maximum atomic E-state index is 13.1. The zero-order valence-electron chi connectivity index (χ0n) is 29.1. The van der Waals surface area contributed by atoms with Gasteiger partial charge in [0.2, 0.25) is 11.8 Å². The molecular formula is C38H47N3O9. The zero-order valence-corrected chi connectivity index (χ0v) is 29.1. The molecule has 0 saturated carbocycles. The molecule has 12 heteroatoms. The smallest absolute Gasteiger partial charge is 0.408 e. The van der Waals surface area contributed by atoms with Gasteiger partial charge in [-0.1, -0.05) is 92.6 Å². The minimum absolute atomic E-state index is 0.0641. The van der Waals surface area contributed by atoms with E-state index in [1.807, 2.05) is 12.1 Å². The first-order chi connectivity index (χ1) is 23.9. The topological polar surface area (TPSA) is 158 Å². The van der Waals surface area contributed by atoms with E-state index < -0.39 is 41.7 Å². The largest absolute Gasteiger partial charge is 0.467 e. The molecule has 3 aromatic rings. The molecule has 1 atom stereocenters. The van der Waals surface area contributed by atoms with Gasteiger partial charge in [0.05, 0.1) is 0 Å². The van der Waals surface area contributed by atoms with Crippen molar-refractivity contribution >= 4 is 29.8 Å². The summed E-state index contributed by atoms with van der Waals surface area (Å²) >= 11 is 0. The van der Waals surface area contributed by atoms with Gasteiger partial charge >= 0.3 is 18.0 Å². The fourth-order valence-corrected chi connectivity index (χ4v) is 4.51. The van der Waals surface area contributed by atoms with Crippen LogP contribution in [-0.2, 0) is 53.0 Å². The molecular weight excluding hydrogens is 642 g/mol. The number of amides is 3. The maximum Gasteiger partial charge on any atom is 0.408 e. The number of hydrogen-bond acceptors (Lipinski definition) is 9. The maximum absolute atomic E-state index is 13.1. The Kier molecular flexibility index (Phi) is 15.8. The normalized spacial score (nSPS) is 11.5. The number of alkyl carbamates (subject to hydrolysis) is 1. The molecule has 0 saturated heterocycles. The van der Waals surface area contributed by atoms with Gasteiger partial charge < -0.3 is 34.9 Å². The molecule has 0 bridgehead atoms. The Hall–Kier alpha value is -5.39. The van der Waals surface area contributed by atoms with Crippen LogP contribution in [0.25, 0.3) is 0 Å². The SMILES string of the molecule is CCCCCNC(=O)C(Cc1ccc(OC(C(=O)OCc2ccccc2)C(=O)OCc2ccccc2)cc1)NC(=O)CNC(=O)OC(C)(C)C. The van der Waals surface area contributed by atoms with E-state index in [2.05, 4.69) is 22.9 Å². The number of esters is 2. The summed E-state index contributed by atoms with van der Waals surface area (Å²) in [7, 11) is 0. The molecule has 1 unspecified atom stereocenters. The zero-order chi connectivity index (χ0) is 36.4. The van der Waals surface area contributed by atoms with Crippen molar-refractivity contribution in [2.45, 2.75) is 84.3 Å². The molecule has 3 rings (SSSR count). The fraction of sp³-hybridized carbons (Fsp3) is 0.395. The minimum atomic E-state index is -1.70. The number of hydrogen-bond donors (Lipinski definition) is 3. The average molecular weight is 690 g/mol. The van der Waals surface area contributed by atoms with E-state index in [1.54, 1.807) is 93.6 Å². The summed E-state index contributed by atoms with van der Waals surface area (Å²) in [6, 6.07) is 23.5. The molecule has 3 amide bonds. The number of rotatable bonds is 18. The number of nitrogens with one attached hydrogen (secondary N) is 3. The van der Waals surface area contributed by atoms with Crippen LogP contribution in [-0.4, -0.2) is 60.7 Å². The van der Waals surface area contributed by atoms with E-state index in [9.17, 15) is 24.0 Å². The van der Waals surface area contributed by atoms with E-state index in [0.717, 1.165) is 30.4 Å². The van der Waals surface area contributed by atoms with Crippen LogP contribution in [0.5, 0.6) is 5.75 Å². The first-order valence-electron chi connectivity index (χ1n) is 16.6. The van der Waals surface area contributed by atoms with Crippen molar-refractivity contribution < 1.29 is 42.9 Å². The quantitative estimate of drug-likeness (QED) is 0.0740. The highest BCUT2D eigenvalue weighted by Gasteiger charge is 2.33. The second-order valence-electron chi connectivity index (χ2n) is 12.5. The van der Waals surface area contributed by atoms with E-state index in [0.29, 0.717) is 12.1 Å². The van der Waals surface area contributed by atoms with Crippen molar-refractivity contribution in [1.29, 1.82) is 0 Å². The molecule has 268 valence electrons. The molecule has 50 heavy (non-hydrogen) atoms. The second-order valence-corrected chi connectivity index (χ2v) is 12.5. The van der Waals surface area contributed by atoms with Gasteiger partial charge in [0, 0.05) is 13.0 Å². The van der Waals surface area contributed by atoms with Gasteiger partial charge in [-0.2, -0.15) is 0 Å². The van der Waals surface area contributed by atoms with E-state index in [-0.39, 0.29) is 37.8 Å². The number of ether oxygens (including phenoxy) is 4. The molecule has 3 aromatic carbocycles. The molecule has 0 spiro atoms. The third kappa shape index (κ3) is 14.8. The molecule has 0 aliphatic heterocycles. The molecule has 0 aromatic heterocycles. The van der Waals surface area contributed by atoms with Crippen molar-refractivity contribution in [1.82, 2.24) is 16.0 Å². The molecule has 0 fully saturated rings. The summed E-state index contributed by atoms with van der Waals surface area (Å²) < 4.78 is 21.8. The van der Waals surface area contributed by atoms with Gasteiger partial charge in [-0.25, -0.2) is 14.4 Å². The Morgan fingerprint density at radius 3 is 1.78 bits per heavy atom. The van der Waals surface area contributed by atoms with Crippen molar-refractivity contribution in [3.8, 4) is 5.75 Å². The average Bonchev–Trinajstić information content (AvgIpc) is 3.10. The van der Waals surface area contributed by atoms with Gasteiger partial charge in [-0.3, -0.25) is 9.59 Å². The third-order valence-corrected chi connectivity index (χ3v) is 7.02. The van der Waals surface area contributed by atoms with Crippen molar-refractivity contribution in [3.05, 3.63) is 102 Å². The Balaban J connectivity index is 1.69. The summed E-state index contributed by atoms with van der Waals surface area (Å²) in [4.78, 5) is 64.0. The van der Waals surface area contributed by atoms with Gasteiger partial charge in [0.25, 0.3) is 6.10 Å². The predicted molar refractivity (Wildman–Crippen MR) is 186 cm³/mol. The Morgan fingerprint density at radius 1 is 0.700 bits per heavy atom. The van der Waals surface area contributed by atoms with Crippen molar-refractivity contribution in [2.75, 3.05) is 13.1 Å². The molecule has 0 aliphatic carbocycles. The van der Waals surface area contributed by atoms with Crippen molar-refractivity contribution in [3.63, 3.8) is 0 Å². The Morgan fingerprint density at radius 2 is 1.26 bits per heavy atom. The molecule has 0 radical (unpaired) electrons.